The van der Waals surface area contributed by atoms with Gasteiger partial charge in [0.1, 0.15) is 30.2 Å². The van der Waals surface area contributed by atoms with E-state index >= 15 is 0 Å². The van der Waals surface area contributed by atoms with Gasteiger partial charge in [-0.05, 0) is 24.7 Å². The molecule has 0 radical (unpaired) electrons. The third-order valence-electron chi connectivity index (χ3n) is 12.2. The molecule has 2 heterocycles. The van der Waals surface area contributed by atoms with E-state index in [1.165, 1.54) is 178 Å². The number of thioether (sulfide) groups is 1. The van der Waals surface area contributed by atoms with Crippen LogP contribution in [0.5, 0.6) is 0 Å². The quantitative estimate of drug-likeness (QED) is 0.0232. The highest BCUT2D eigenvalue weighted by Crippen LogP contribution is 2.60. The standard InChI is InChI=1S/C48H91N3O13P2S/c1-3-5-7-9-11-13-15-17-19-21-23-25-27-29-31-33-37-67-40-41(62-44(52)34-32-30-28-26-24-22-20-18-16-14-12-10-8-6-4-2)38-60-65(56,57)64-66(58,59)61-39-42-45(53)46(54)47(63-42)51-36-35-43(49)50-48(51)55/h35-36,41-42,45-47,53-54H,3-34,37-40H2,1-2H3,(H,56,57)(H,58,59)(H2,49,50,55)/t41-,42-,45-,46+,47-/m1/s1. The minimum Gasteiger partial charge on any atom is -0.459 e. The van der Waals surface area contributed by atoms with E-state index in [9.17, 15) is 38.7 Å². The summed E-state index contributed by atoms with van der Waals surface area (Å²) in [5.41, 5.74) is 4.63. The first-order valence-corrected chi connectivity index (χ1v) is 30.2. The molecule has 0 aromatic carbocycles. The number of aliphatic hydroxyl groups is 2. The van der Waals surface area contributed by atoms with Gasteiger partial charge in [-0.3, -0.25) is 18.4 Å². The number of ether oxygens (including phenoxy) is 2. The van der Waals surface area contributed by atoms with Crippen molar-refractivity contribution >= 4 is 39.2 Å². The number of nitrogens with zero attached hydrogens (tertiary/aromatic N) is 2. The number of carbonyl (C=O) groups is 1. The van der Waals surface area contributed by atoms with Gasteiger partial charge in [0.2, 0.25) is 0 Å². The van der Waals surface area contributed by atoms with Gasteiger partial charge >= 0.3 is 27.3 Å². The first-order valence-electron chi connectivity index (χ1n) is 26.1. The van der Waals surface area contributed by atoms with Gasteiger partial charge in [-0.1, -0.05) is 200 Å². The van der Waals surface area contributed by atoms with Crippen LogP contribution < -0.4 is 11.4 Å². The molecular formula is C48H91N3O13P2S. The number of aromatic nitrogens is 2. The molecular weight excluding hydrogens is 921 g/mol. The topological polar surface area (TPSA) is 239 Å². The van der Waals surface area contributed by atoms with Crippen LogP contribution in [0.4, 0.5) is 5.82 Å². The minimum atomic E-state index is -5.33. The molecule has 16 nitrogen and oxygen atoms in total. The Morgan fingerprint density at radius 3 is 1.60 bits per heavy atom. The van der Waals surface area contributed by atoms with E-state index in [2.05, 4.69) is 23.1 Å². The summed E-state index contributed by atoms with van der Waals surface area (Å²) in [4.78, 5) is 49.4. The van der Waals surface area contributed by atoms with Gasteiger partial charge in [0, 0.05) is 18.4 Å². The Morgan fingerprint density at radius 2 is 1.13 bits per heavy atom. The van der Waals surface area contributed by atoms with Crippen molar-refractivity contribution < 1.29 is 56.8 Å². The molecule has 392 valence electrons. The van der Waals surface area contributed by atoms with Crippen LogP contribution in [-0.4, -0.2) is 84.7 Å². The number of hydrogen-bond donors (Lipinski definition) is 5. The van der Waals surface area contributed by atoms with Gasteiger partial charge in [-0.2, -0.15) is 21.1 Å². The van der Waals surface area contributed by atoms with Gasteiger partial charge in [0.15, 0.2) is 6.23 Å². The summed E-state index contributed by atoms with van der Waals surface area (Å²) in [7, 11) is -10.6. The summed E-state index contributed by atoms with van der Waals surface area (Å²) >= 11 is 1.54. The number of nitrogen functional groups attached to an aromatic ring is 1. The molecule has 0 bridgehead atoms. The van der Waals surface area contributed by atoms with E-state index < -0.39 is 71.2 Å². The third-order valence-corrected chi connectivity index (χ3v) is 16.0. The molecule has 19 heteroatoms. The Labute approximate surface area is 407 Å². The molecule has 0 aliphatic carbocycles. The van der Waals surface area contributed by atoms with Gasteiger partial charge in [0.05, 0.1) is 13.2 Å². The van der Waals surface area contributed by atoms with E-state index in [1.54, 1.807) is 0 Å². The number of phosphoric acid groups is 2. The molecule has 6 N–H and O–H groups in total. The predicted octanol–water partition coefficient (Wildman–Crippen LogP) is 11.9. The summed E-state index contributed by atoms with van der Waals surface area (Å²) in [6.45, 7) is 3.04. The van der Waals surface area contributed by atoms with E-state index in [0.717, 1.165) is 48.8 Å². The average Bonchev–Trinajstić information content (AvgIpc) is 3.56. The number of nitrogens with two attached hydrogens (primary N) is 1. The molecule has 0 spiro atoms. The molecule has 1 saturated heterocycles. The van der Waals surface area contributed by atoms with E-state index in [-0.39, 0.29) is 18.0 Å². The van der Waals surface area contributed by atoms with Gasteiger partial charge in [-0.25, -0.2) is 13.9 Å². The fraction of sp³-hybridized carbons (Fsp3) is 0.896. The summed E-state index contributed by atoms with van der Waals surface area (Å²) < 4.78 is 52.1. The van der Waals surface area contributed by atoms with E-state index in [1.807, 2.05) is 0 Å². The maximum absolute atomic E-state index is 12.9. The van der Waals surface area contributed by atoms with Crippen LogP contribution in [0.25, 0.3) is 0 Å². The van der Waals surface area contributed by atoms with Gasteiger partial charge in [0.25, 0.3) is 0 Å². The normalized spacial score (nSPS) is 19.6. The summed E-state index contributed by atoms with van der Waals surface area (Å²) in [5, 5.41) is 20.9. The van der Waals surface area contributed by atoms with Crippen LogP contribution in [0.3, 0.4) is 0 Å². The molecule has 1 aliphatic heterocycles. The molecule has 2 unspecified atom stereocenters. The molecule has 1 aromatic rings. The lowest BCUT2D eigenvalue weighted by molar-refractivity contribution is -0.149. The lowest BCUT2D eigenvalue weighted by Gasteiger charge is -2.21. The Kier molecular flexibility index (Phi) is 35.3. The first kappa shape index (κ1) is 61.8. The molecule has 2 rings (SSSR count). The Morgan fingerprint density at radius 1 is 0.701 bits per heavy atom. The molecule has 7 atom stereocenters. The van der Waals surface area contributed by atoms with Crippen molar-refractivity contribution in [3.63, 3.8) is 0 Å². The second-order valence-electron chi connectivity index (χ2n) is 18.4. The number of hydrogen-bond acceptors (Lipinski definition) is 14. The zero-order valence-corrected chi connectivity index (χ0v) is 43.8. The van der Waals surface area contributed by atoms with Crippen molar-refractivity contribution in [2.75, 3.05) is 30.5 Å². The number of anilines is 1. The Hall–Kier alpha value is -1.36. The largest absolute Gasteiger partial charge is 0.481 e. The lowest BCUT2D eigenvalue weighted by atomic mass is 10.0. The Balaban J connectivity index is 1.74. The van der Waals surface area contributed by atoms with Crippen LogP contribution in [0, 0.1) is 0 Å². The van der Waals surface area contributed by atoms with Gasteiger partial charge in [-0.15, -0.1) is 0 Å². The highest BCUT2D eigenvalue weighted by Gasteiger charge is 2.46. The lowest BCUT2D eigenvalue weighted by Crippen LogP contribution is -2.36. The van der Waals surface area contributed by atoms with Crippen LogP contribution in [-0.2, 0) is 36.8 Å². The monoisotopic (exact) mass is 1010 g/mol. The van der Waals surface area contributed by atoms with Crippen molar-refractivity contribution in [3.8, 4) is 0 Å². The fourth-order valence-corrected chi connectivity index (χ4v) is 11.3. The maximum atomic E-state index is 12.9. The highest BCUT2D eigenvalue weighted by molar-refractivity contribution is 7.99. The second kappa shape index (κ2) is 38.3. The number of phosphoric ester groups is 2. The first-order chi connectivity index (χ1) is 32.3. The molecule has 0 amide bonds. The molecule has 67 heavy (non-hydrogen) atoms. The van der Waals surface area contributed by atoms with Crippen LogP contribution >= 0.6 is 27.4 Å². The number of esters is 1. The van der Waals surface area contributed by atoms with E-state index in [4.69, 9.17) is 24.3 Å². The SMILES string of the molecule is CCCCCCCCCCCCCCCCCCSC[C@@H](COP(=O)(O)OP(=O)(O)OC[C@H]1O[C@@H](n2ccc(N)nc2=O)[C@@H](O)[C@@H]1O)OC(=O)CCCCCCCCCCCCCCCCC. The van der Waals surface area contributed by atoms with Gasteiger partial charge < -0.3 is 35.2 Å². The minimum absolute atomic E-state index is 0.0765. The molecule has 1 aliphatic rings. The van der Waals surface area contributed by atoms with Crippen molar-refractivity contribution in [2.45, 2.75) is 250 Å². The zero-order valence-electron chi connectivity index (χ0n) is 41.2. The Bertz CT molecular complexity index is 1560. The number of unbranched alkanes of at least 4 members (excludes halogenated alkanes) is 29. The zero-order chi connectivity index (χ0) is 49.0. The summed E-state index contributed by atoms with van der Waals surface area (Å²) in [6, 6.07) is 1.27. The fourth-order valence-electron chi connectivity index (χ4n) is 8.21. The summed E-state index contributed by atoms with van der Waals surface area (Å²) in [6.07, 6.45) is 32.8. The highest BCUT2D eigenvalue weighted by atomic mass is 32.2. The van der Waals surface area contributed by atoms with Crippen molar-refractivity contribution in [3.05, 3.63) is 22.7 Å². The molecule has 1 aromatic heterocycles. The van der Waals surface area contributed by atoms with Crippen LogP contribution in [0.1, 0.15) is 226 Å². The molecule has 1 fully saturated rings. The number of carbonyl (C=O) groups excluding carboxylic acids is 1. The average molecular weight is 1010 g/mol. The van der Waals surface area contributed by atoms with Crippen molar-refractivity contribution in [1.82, 2.24) is 9.55 Å². The van der Waals surface area contributed by atoms with Crippen molar-refractivity contribution in [2.24, 2.45) is 0 Å². The predicted molar refractivity (Wildman–Crippen MR) is 268 cm³/mol. The van der Waals surface area contributed by atoms with E-state index in [0.29, 0.717) is 6.42 Å². The van der Waals surface area contributed by atoms with Crippen LogP contribution in [0.15, 0.2) is 17.1 Å². The number of aliphatic hydroxyl groups excluding tert-OH is 2. The molecule has 0 saturated carbocycles. The third kappa shape index (κ3) is 30.9. The van der Waals surface area contributed by atoms with Crippen molar-refractivity contribution in [1.29, 1.82) is 0 Å². The second-order valence-corrected chi connectivity index (χ2v) is 22.6. The summed E-state index contributed by atoms with van der Waals surface area (Å²) in [5.74, 6) is 0.548. The maximum Gasteiger partial charge on any atom is 0.481 e. The smallest absolute Gasteiger partial charge is 0.459 e. The number of rotatable bonds is 45. The van der Waals surface area contributed by atoms with Crippen LogP contribution in [0.2, 0.25) is 0 Å².